The molecule has 0 aliphatic rings. The van der Waals surface area contributed by atoms with Gasteiger partial charge in [-0.3, -0.25) is 0 Å². The summed E-state index contributed by atoms with van der Waals surface area (Å²) < 4.78 is 14.7. The van der Waals surface area contributed by atoms with Crippen molar-refractivity contribution in [3.05, 3.63) is 41.8 Å². The first-order valence-corrected chi connectivity index (χ1v) is 4.15. The number of aromatic nitrogens is 3. The van der Waals surface area contributed by atoms with E-state index < -0.39 is 0 Å². The Morgan fingerprint density at radius 3 is 2.79 bits per heavy atom. The summed E-state index contributed by atoms with van der Waals surface area (Å²) in [5.74, 6) is 0.163. The highest BCUT2D eigenvalue weighted by atomic mass is 19.1. The summed E-state index contributed by atoms with van der Waals surface area (Å²) in [5, 5.41) is 7.34. The van der Waals surface area contributed by atoms with Gasteiger partial charge in [0.25, 0.3) is 0 Å². The van der Waals surface area contributed by atoms with E-state index in [4.69, 9.17) is 5.73 Å². The van der Waals surface area contributed by atoms with Crippen LogP contribution in [0.3, 0.4) is 0 Å². The normalized spacial score (nSPS) is 10.4. The number of nitrogens with zero attached hydrogens (tertiary/aromatic N) is 3. The molecule has 2 N–H and O–H groups in total. The van der Waals surface area contributed by atoms with Gasteiger partial charge in [0.05, 0.1) is 12.7 Å². The molecule has 0 unspecified atom stereocenters. The van der Waals surface area contributed by atoms with Crippen LogP contribution in [0.4, 0.5) is 10.2 Å². The zero-order valence-electron chi connectivity index (χ0n) is 7.39. The Morgan fingerprint density at radius 2 is 2.14 bits per heavy atom. The maximum absolute atomic E-state index is 13.2. The third-order valence-corrected chi connectivity index (χ3v) is 1.93. The van der Waals surface area contributed by atoms with Crippen molar-refractivity contribution < 1.29 is 4.39 Å². The molecule has 0 fully saturated rings. The molecule has 0 aliphatic carbocycles. The number of rotatable bonds is 2. The van der Waals surface area contributed by atoms with Crippen LogP contribution in [0.15, 0.2) is 30.5 Å². The molecule has 0 bridgehead atoms. The van der Waals surface area contributed by atoms with Gasteiger partial charge in [-0.25, -0.2) is 9.07 Å². The molecule has 72 valence electrons. The molecule has 1 aromatic heterocycles. The molecule has 0 radical (unpaired) electrons. The molecular formula is C9H9FN4. The second-order valence-corrected chi connectivity index (χ2v) is 2.91. The molecule has 2 rings (SSSR count). The number of nitrogen functional groups attached to an aromatic ring is 1. The van der Waals surface area contributed by atoms with Gasteiger partial charge in [-0.05, 0) is 6.07 Å². The summed E-state index contributed by atoms with van der Waals surface area (Å²) in [6, 6.07) is 6.51. The van der Waals surface area contributed by atoms with E-state index in [9.17, 15) is 4.39 Å². The standard InChI is InChI=1S/C9H9FN4/c10-8-4-2-1-3-7(8)6-14-9(11)5-12-13-14/h1-5H,6,11H2. The molecular weight excluding hydrogens is 183 g/mol. The number of anilines is 1. The maximum atomic E-state index is 13.2. The summed E-state index contributed by atoms with van der Waals surface area (Å²) in [6.07, 6.45) is 1.43. The summed E-state index contributed by atoms with van der Waals surface area (Å²) in [7, 11) is 0. The molecule has 0 aliphatic heterocycles. The SMILES string of the molecule is Nc1cnnn1Cc1ccccc1F. The Kier molecular flexibility index (Phi) is 2.14. The molecule has 0 amide bonds. The van der Waals surface area contributed by atoms with Crippen LogP contribution < -0.4 is 5.73 Å². The summed E-state index contributed by atoms with van der Waals surface area (Å²) in [5.41, 5.74) is 6.10. The Bertz CT molecular complexity index is 438. The summed E-state index contributed by atoms with van der Waals surface area (Å²) >= 11 is 0. The molecule has 0 atom stereocenters. The monoisotopic (exact) mass is 192 g/mol. The topological polar surface area (TPSA) is 56.7 Å². The number of halogens is 1. The van der Waals surface area contributed by atoms with E-state index >= 15 is 0 Å². The van der Waals surface area contributed by atoms with Crippen molar-refractivity contribution in [3.63, 3.8) is 0 Å². The molecule has 4 nitrogen and oxygen atoms in total. The van der Waals surface area contributed by atoms with Crippen molar-refractivity contribution in [1.29, 1.82) is 0 Å². The van der Waals surface area contributed by atoms with Crippen molar-refractivity contribution in [2.45, 2.75) is 6.54 Å². The fraction of sp³-hybridized carbons (Fsp3) is 0.111. The maximum Gasteiger partial charge on any atom is 0.142 e. The van der Waals surface area contributed by atoms with Crippen LogP contribution in [-0.2, 0) is 6.54 Å². The first kappa shape index (κ1) is 8.68. The van der Waals surface area contributed by atoms with Gasteiger partial charge < -0.3 is 5.73 Å². The van der Waals surface area contributed by atoms with Crippen molar-refractivity contribution in [1.82, 2.24) is 15.0 Å². The van der Waals surface area contributed by atoms with E-state index in [1.54, 1.807) is 18.2 Å². The Morgan fingerprint density at radius 1 is 1.36 bits per heavy atom. The van der Waals surface area contributed by atoms with Crippen LogP contribution in [0.5, 0.6) is 0 Å². The molecule has 5 heteroatoms. The number of benzene rings is 1. The molecule has 0 saturated carbocycles. The van der Waals surface area contributed by atoms with E-state index in [-0.39, 0.29) is 5.82 Å². The lowest BCUT2D eigenvalue weighted by Gasteiger charge is -2.03. The van der Waals surface area contributed by atoms with Crippen molar-refractivity contribution in [2.24, 2.45) is 0 Å². The van der Waals surface area contributed by atoms with Gasteiger partial charge in [0, 0.05) is 5.56 Å². The van der Waals surface area contributed by atoms with Crippen molar-refractivity contribution >= 4 is 5.82 Å². The van der Waals surface area contributed by atoms with Crippen molar-refractivity contribution in [2.75, 3.05) is 5.73 Å². The van der Waals surface area contributed by atoms with Crippen molar-refractivity contribution in [3.8, 4) is 0 Å². The lowest BCUT2D eigenvalue weighted by atomic mass is 10.2. The average molecular weight is 192 g/mol. The van der Waals surface area contributed by atoms with E-state index in [1.165, 1.54) is 16.9 Å². The number of nitrogens with two attached hydrogens (primary N) is 1. The highest BCUT2D eigenvalue weighted by Crippen LogP contribution is 2.09. The highest BCUT2D eigenvalue weighted by molar-refractivity contribution is 5.25. The van der Waals surface area contributed by atoms with E-state index in [0.717, 1.165) is 0 Å². The fourth-order valence-electron chi connectivity index (χ4n) is 1.18. The van der Waals surface area contributed by atoms with Crippen LogP contribution in [0.1, 0.15) is 5.56 Å². The number of hydrogen-bond acceptors (Lipinski definition) is 3. The summed E-state index contributed by atoms with van der Waals surface area (Å²) in [6.45, 7) is 0.304. The molecule has 0 saturated heterocycles. The van der Waals surface area contributed by atoms with Gasteiger partial charge in [0.2, 0.25) is 0 Å². The molecule has 14 heavy (non-hydrogen) atoms. The third-order valence-electron chi connectivity index (χ3n) is 1.93. The first-order valence-electron chi connectivity index (χ1n) is 4.15. The highest BCUT2D eigenvalue weighted by Gasteiger charge is 2.04. The van der Waals surface area contributed by atoms with Crippen LogP contribution in [0, 0.1) is 5.82 Å². The first-order chi connectivity index (χ1) is 6.77. The van der Waals surface area contributed by atoms with Crippen LogP contribution in [0.2, 0.25) is 0 Å². The second-order valence-electron chi connectivity index (χ2n) is 2.91. The van der Waals surface area contributed by atoms with Crippen LogP contribution in [0.25, 0.3) is 0 Å². The van der Waals surface area contributed by atoms with Gasteiger partial charge in [0.1, 0.15) is 11.6 Å². The fourth-order valence-corrected chi connectivity index (χ4v) is 1.18. The zero-order valence-corrected chi connectivity index (χ0v) is 7.39. The van der Waals surface area contributed by atoms with Crippen LogP contribution in [-0.4, -0.2) is 15.0 Å². The van der Waals surface area contributed by atoms with E-state index in [2.05, 4.69) is 10.3 Å². The summed E-state index contributed by atoms with van der Waals surface area (Å²) in [4.78, 5) is 0. The minimum Gasteiger partial charge on any atom is -0.383 e. The smallest absolute Gasteiger partial charge is 0.142 e. The zero-order chi connectivity index (χ0) is 9.97. The van der Waals surface area contributed by atoms with E-state index in [0.29, 0.717) is 17.9 Å². The number of hydrogen-bond donors (Lipinski definition) is 1. The van der Waals surface area contributed by atoms with Crippen LogP contribution >= 0.6 is 0 Å². The Hall–Kier alpha value is -1.91. The molecule has 1 heterocycles. The third kappa shape index (κ3) is 1.56. The Balaban J connectivity index is 2.28. The second kappa shape index (κ2) is 3.45. The van der Waals surface area contributed by atoms with Gasteiger partial charge in [-0.2, -0.15) is 0 Å². The average Bonchev–Trinajstić information content (AvgIpc) is 2.56. The molecule has 0 spiro atoms. The minimum absolute atomic E-state index is 0.262. The van der Waals surface area contributed by atoms with Gasteiger partial charge >= 0.3 is 0 Å². The lowest BCUT2D eigenvalue weighted by Crippen LogP contribution is -2.07. The molecule has 1 aromatic carbocycles. The largest absolute Gasteiger partial charge is 0.383 e. The van der Waals surface area contributed by atoms with Gasteiger partial charge in [-0.15, -0.1) is 5.10 Å². The minimum atomic E-state index is -0.262. The quantitative estimate of drug-likeness (QED) is 0.773. The van der Waals surface area contributed by atoms with E-state index in [1.807, 2.05) is 0 Å². The van der Waals surface area contributed by atoms with Gasteiger partial charge in [0.15, 0.2) is 0 Å². The van der Waals surface area contributed by atoms with Gasteiger partial charge in [-0.1, -0.05) is 23.4 Å². The predicted octanol–water partition coefficient (Wildman–Crippen LogP) is 1.05. The lowest BCUT2D eigenvalue weighted by molar-refractivity contribution is 0.580. The molecule has 2 aromatic rings. The predicted molar refractivity (Wildman–Crippen MR) is 49.9 cm³/mol. The Labute approximate surface area is 80.2 Å².